The number of rotatable bonds is 5. The first-order chi connectivity index (χ1) is 8.25. The summed E-state index contributed by atoms with van der Waals surface area (Å²) >= 11 is 1.87. The number of likely N-dealkylation sites (N-methyl/N-ethyl adjacent to an activating group) is 1. The predicted octanol–water partition coefficient (Wildman–Crippen LogP) is 2.24. The molecule has 6 heteroatoms. The second-order valence-electron chi connectivity index (χ2n) is 4.86. The van der Waals surface area contributed by atoms with Gasteiger partial charge in [-0.25, -0.2) is 0 Å². The maximum absolute atomic E-state index is 3.39. The molecule has 0 aromatic carbocycles. The van der Waals surface area contributed by atoms with Gasteiger partial charge in [0.05, 0.1) is 0 Å². The average molecular weight is 326 g/mol. The summed E-state index contributed by atoms with van der Waals surface area (Å²) in [6.45, 7) is 10.4. The second-order valence-corrected chi connectivity index (χ2v) is 5.86. The molecule has 0 saturated carbocycles. The van der Waals surface area contributed by atoms with E-state index >= 15 is 0 Å². The second kappa shape index (κ2) is 9.97. The van der Waals surface area contributed by atoms with Gasteiger partial charge in [-0.2, -0.15) is 0 Å². The van der Waals surface area contributed by atoms with E-state index in [0.29, 0.717) is 0 Å². The number of hydrogen-bond donors (Lipinski definition) is 1. The maximum Gasteiger partial charge on any atom is 0.0328 e. The Morgan fingerprint density at radius 2 is 2.00 bits per heavy atom. The number of aryl methyl sites for hydroxylation is 1. The molecule has 0 aliphatic carbocycles. The van der Waals surface area contributed by atoms with Gasteiger partial charge in [-0.1, -0.05) is 0 Å². The van der Waals surface area contributed by atoms with Crippen molar-refractivity contribution in [2.45, 2.75) is 13.5 Å². The molecular weight excluding hydrogens is 301 g/mol. The lowest BCUT2D eigenvalue weighted by molar-refractivity contribution is 0.203. The average Bonchev–Trinajstić information content (AvgIpc) is 2.74. The third-order valence-electron chi connectivity index (χ3n) is 3.39. The zero-order valence-corrected chi connectivity index (χ0v) is 14.2. The van der Waals surface area contributed by atoms with Crippen LogP contribution in [0.3, 0.4) is 0 Å². The summed E-state index contributed by atoms with van der Waals surface area (Å²) in [6, 6.07) is 2.21. The van der Waals surface area contributed by atoms with Crippen LogP contribution < -0.4 is 5.32 Å². The molecule has 1 aromatic rings. The summed E-state index contributed by atoms with van der Waals surface area (Å²) < 4.78 is 0. The zero-order valence-electron chi connectivity index (χ0n) is 11.7. The largest absolute Gasteiger partial charge is 0.314 e. The van der Waals surface area contributed by atoms with Crippen LogP contribution in [0.2, 0.25) is 0 Å². The molecule has 1 aliphatic heterocycles. The van der Waals surface area contributed by atoms with E-state index < -0.39 is 0 Å². The number of nitrogens with zero attached hydrogens (tertiary/aromatic N) is 2. The molecule has 0 radical (unpaired) electrons. The number of nitrogens with one attached hydrogen (secondary N) is 1. The van der Waals surface area contributed by atoms with Gasteiger partial charge in [0, 0.05) is 50.7 Å². The molecule has 1 aromatic heterocycles. The molecule has 0 amide bonds. The molecule has 112 valence electrons. The highest BCUT2D eigenvalue weighted by Crippen LogP contribution is 2.16. The summed E-state index contributed by atoms with van der Waals surface area (Å²) in [5.41, 5.74) is 1.43. The van der Waals surface area contributed by atoms with Crippen molar-refractivity contribution in [1.82, 2.24) is 15.1 Å². The minimum Gasteiger partial charge on any atom is -0.314 e. The van der Waals surface area contributed by atoms with Crippen LogP contribution >= 0.6 is 36.2 Å². The van der Waals surface area contributed by atoms with Crippen LogP contribution in [0.4, 0.5) is 0 Å². The smallest absolute Gasteiger partial charge is 0.0328 e. The van der Waals surface area contributed by atoms with Crippen molar-refractivity contribution in [1.29, 1.82) is 0 Å². The minimum absolute atomic E-state index is 0. The minimum atomic E-state index is 0. The summed E-state index contributed by atoms with van der Waals surface area (Å²) in [6.07, 6.45) is 0. The lowest BCUT2D eigenvalue weighted by atomic mass is 10.3. The molecule has 1 N–H and O–H groups in total. The van der Waals surface area contributed by atoms with Crippen molar-refractivity contribution in [3.05, 3.63) is 21.9 Å². The Bertz CT molecular complexity index is 340. The van der Waals surface area contributed by atoms with E-state index in [-0.39, 0.29) is 24.8 Å². The molecule has 1 aliphatic rings. The number of thiophene rings is 1. The van der Waals surface area contributed by atoms with Crippen molar-refractivity contribution in [3.8, 4) is 0 Å². The van der Waals surface area contributed by atoms with Gasteiger partial charge < -0.3 is 10.2 Å². The lowest BCUT2D eigenvalue weighted by Gasteiger charge is -2.29. The van der Waals surface area contributed by atoms with Crippen LogP contribution in [0.1, 0.15) is 10.4 Å². The van der Waals surface area contributed by atoms with Crippen LogP contribution in [-0.2, 0) is 6.54 Å². The van der Waals surface area contributed by atoms with Gasteiger partial charge in [-0.3, -0.25) is 4.90 Å². The fraction of sp³-hybridized carbons (Fsp3) is 0.692. The van der Waals surface area contributed by atoms with Crippen LogP contribution in [-0.4, -0.2) is 56.1 Å². The molecule has 2 rings (SSSR count). The highest BCUT2D eigenvalue weighted by molar-refractivity contribution is 7.10. The quantitative estimate of drug-likeness (QED) is 0.895. The van der Waals surface area contributed by atoms with E-state index in [1.54, 1.807) is 0 Å². The Morgan fingerprint density at radius 3 is 2.58 bits per heavy atom. The van der Waals surface area contributed by atoms with Crippen LogP contribution in [0.25, 0.3) is 0 Å². The fourth-order valence-corrected chi connectivity index (χ4v) is 3.12. The normalized spacial score (nSPS) is 15.9. The number of halogens is 2. The van der Waals surface area contributed by atoms with Crippen LogP contribution in [0.15, 0.2) is 11.4 Å². The standard InChI is InChI=1S/C13H23N3S.2ClH/c1-12-3-10-17-13(12)11-15(2)8-9-16-6-4-14-5-7-16;;/h3,10,14H,4-9,11H2,1-2H3;2*1H. The third kappa shape index (κ3) is 6.43. The van der Waals surface area contributed by atoms with Crippen molar-refractivity contribution in [2.24, 2.45) is 0 Å². The summed E-state index contributed by atoms with van der Waals surface area (Å²) in [4.78, 5) is 6.49. The number of piperazine rings is 1. The Kier molecular flexibility index (Phi) is 10.1. The van der Waals surface area contributed by atoms with Gasteiger partial charge in [0.1, 0.15) is 0 Å². The Morgan fingerprint density at radius 1 is 1.32 bits per heavy atom. The molecule has 0 atom stereocenters. The Labute approximate surface area is 133 Å². The highest BCUT2D eigenvalue weighted by Gasteiger charge is 2.10. The van der Waals surface area contributed by atoms with Crippen molar-refractivity contribution < 1.29 is 0 Å². The molecule has 3 nitrogen and oxygen atoms in total. The van der Waals surface area contributed by atoms with Gasteiger partial charge >= 0.3 is 0 Å². The molecule has 0 spiro atoms. The Balaban J connectivity index is 0.00000162. The van der Waals surface area contributed by atoms with E-state index in [4.69, 9.17) is 0 Å². The first-order valence-electron chi connectivity index (χ1n) is 6.40. The molecule has 1 fully saturated rings. The van der Waals surface area contributed by atoms with Gasteiger partial charge in [-0.15, -0.1) is 36.2 Å². The van der Waals surface area contributed by atoms with E-state index in [9.17, 15) is 0 Å². The van der Waals surface area contributed by atoms with Crippen LogP contribution in [0, 0.1) is 6.92 Å². The molecule has 0 bridgehead atoms. The topological polar surface area (TPSA) is 18.5 Å². The van der Waals surface area contributed by atoms with Gasteiger partial charge in [-0.05, 0) is 31.0 Å². The monoisotopic (exact) mass is 325 g/mol. The molecule has 2 heterocycles. The van der Waals surface area contributed by atoms with Crippen molar-refractivity contribution >= 4 is 36.2 Å². The first kappa shape index (κ1) is 19.2. The van der Waals surface area contributed by atoms with Gasteiger partial charge in [0.15, 0.2) is 0 Å². The van der Waals surface area contributed by atoms with E-state index in [1.165, 1.54) is 30.1 Å². The van der Waals surface area contributed by atoms with E-state index in [2.05, 4.69) is 40.5 Å². The van der Waals surface area contributed by atoms with E-state index in [0.717, 1.165) is 26.2 Å². The first-order valence-corrected chi connectivity index (χ1v) is 7.28. The van der Waals surface area contributed by atoms with Gasteiger partial charge in [0.25, 0.3) is 0 Å². The molecule has 19 heavy (non-hydrogen) atoms. The van der Waals surface area contributed by atoms with E-state index in [1.807, 2.05) is 11.3 Å². The molecule has 1 saturated heterocycles. The van der Waals surface area contributed by atoms with Gasteiger partial charge in [0.2, 0.25) is 0 Å². The van der Waals surface area contributed by atoms with Crippen molar-refractivity contribution in [2.75, 3.05) is 46.3 Å². The maximum atomic E-state index is 3.39. The van der Waals surface area contributed by atoms with Crippen molar-refractivity contribution in [3.63, 3.8) is 0 Å². The Hall–Kier alpha value is 0.160. The predicted molar refractivity (Wildman–Crippen MR) is 89.2 cm³/mol. The fourth-order valence-electron chi connectivity index (χ4n) is 2.14. The lowest BCUT2D eigenvalue weighted by Crippen LogP contribution is -2.45. The van der Waals surface area contributed by atoms with Crippen LogP contribution in [0.5, 0.6) is 0 Å². The highest BCUT2D eigenvalue weighted by atomic mass is 35.5. The molecular formula is C13H25Cl2N3S. The summed E-state index contributed by atoms with van der Waals surface area (Å²) in [5.74, 6) is 0. The summed E-state index contributed by atoms with van der Waals surface area (Å²) in [7, 11) is 2.22. The SMILES string of the molecule is Cc1ccsc1CN(C)CCN1CCNCC1.Cl.Cl. The molecule has 0 unspecified atom stereocenters. The zero-order chi connectivity index (χ0) is 12.1. The third-order valence-corrected chi connectivity index (χ3v) is 4.40. The summed E-state index contributed by atoms with van der Waals surface area (Å²) in [5, 5.41) is 5.58. The number of hydrogen-bond acceptors (Lipinski definition) is 4.